The van der Waals surface area contributed by atoms with Crippen LogP contribution >= 0.6 is 0 Å². The molecule has 0 aliphatic carbocycles. The van der Waals surface area contributed by atoms with Crippen LogP contribution in [0.3, 0.4) is 0 Å². The second-order valence-corrected chi connectivity index (χ2v) is 3.13. The Morgan fingerprint density at radius 3 is 2.31 bits per heavy atom. The lowest BCUT2D eigenvalue weighted by Crippen LogP contribution is -2.49. The maximum Gasteiger partial charge on any atom is 0.203 e. The lowest BCUT2D eigenvalue weighted by atomic mass is 10.0. The third kappa shape index (κ3) is 2.38. The van der Waals surface area contributed by atoms with Crippen molar-refractivity contribution in [2.45, 2.75) is 37.9 Å². The fourth-order valence-corrected chi connectivity index (χ4v) is 1.53. The van der Waals surface area contributed by atoms with E-state index in [9.17, 15) is 0 Å². The summed E-state index contributed by atoms with van der Waals surface area (Å²) in [7, 11) is 3.25. The van der Waals surface area contributed by atoms with Crippen molar-refractivity contribution >= 4 is 0 Å². The molecule has 5 nitrogen and oxygen atoms in total. The van der Waals surface area contributed by atoms with Crippen LogP contribution in [0.15, 0.2) is 0 Å². The van der Waals surface area contributed by atoms with E-state index in [-0.39, 0.29) is 18.3 Å². The number of rotatable bonds is 3. The van der Waals surface area contributed by atoms with Crippen molar-refractivity contribution < 1.29 is 19.0 Å². The first-order chi connectivity index (χ1) is 6.22. The van der Waals surface area contributed by atoms with E-state index in [1.54, 1.807) is 14.2 Å². The summed E-state index contributed by atoms with van der Waals surface area (Å²) in [6.45, 7) is 1.92. The van der Waals surface area contributed by atoms with Crippen LogP contribution in [0.1, 0.15) is 13.3 Å². The molecule has 4 unspecified atom stereocenters. The normalized spacial score (nSPS) is 40.6. The third-order valence-electron chi connectivity index (χ3n) is 2.38. The fourth-order valence-electron chi connectivity index (χ4n) is 1.53. The Hall–Kier alpha value is -0.200. The van der Waals surface area contributed by atoms with Crippen LogP contribution in [0.25, 0.3) is 0 Å². The predicted molar refractivity (Wildman–Crippen MR) is 45.8 cm³/mol. The molecular weight excluding hydrogens is 174 g/mol. The molecule has 0 aromatic heterocycles. The number of nitrogens with two attached hydrogens (primary N) is 1. The minimum absolute atomic E-state index is 0.0232. The van der Waals surface area contributed by atoms with Gasteiger partial charge in [-0.25, -0.2) is 5.90 Å². The van der Waals surface area contributed by atoms with Gasteiger partial charge in [0.25, 0.3) is 0 Å². The van der Waals surface area contributed by atoms with Crippen LogP contribution in [0.4, 0.5) is 0 Å². The zero-order chi connectivity index (χ0) is 9.84. The molecule has 0 spiro atoms. The molecule has 2 N–H and O–H groups in total. The lowest BCUT2D eigenvalue weighted by Gasteiger charge is -2.37. The van der Waals surface area contributed by atoms with E-state index in [2.05, 4.69) is 4.84 Å². The monoisotopic (exact) mass is 191 g/mol. The summed E-state index contributed by atoms with van der Waals surface area (Å²) in [5, 5.41) is 0. The summed E-state index contributed by atoms with van der Waals surface area (Å²) in [6.07, 6.45) is 0.0922. The molecule has 0 saturated carbocycles. The molecule has 0 aromatic carbocycles. The second-order valence-electron chi connectivity index (χ2n) is 3.13. The summed E-state index contributed by atoms with van der Waals surface area (Å²) >= 11 is 0. The van der Waals surface area contributed by atoms with E-state index in [1.807, 2.05) is 6.92 Å². The molecule has 78 valence electrons. The smallest absolute Gasteiger partial charge is 0.203 e. The van der Waals surface area contributed by atoms with Crippen LogP contribution in [0.2, 0.25) is 0 Å². The average molecular weight is 191 g/mol. The minimum Gasteiger partial charge on any atom is -0.379 e. The number of methoxy groups -OCH3 is 2. The molecular formula is C8H17NO4. The van der Waals surface area contributed by atoms with Gasteiger partial charge in [-0.05, 0) is 6.92 Å². The van der Waals surface area contributed by atoms with E-state index in [0.29, 0.717) is 0 Å². The van der Waals surface area contributed by atoms with Gasteiger partial charge in [0, 0.05) is 20.6 Å². The summed E-state index contributed by atoms with van der Waals surface area (Å²) in [6, 6.07) is 0. The Morgan fingerprint density at radius 1 is 1.23 bits per heavy atom. The molecule has 0 amide bonds. The van der Waals surface area contributed by atoms with E-state index in [4.69, 9.17) is 20.1 Å². The summed E-state index contributed by atoms with van der Waals surface area (Å²) in [5.74, 6) is 5.07. The first-order valence-electron chi connectivity index (χ1n) is 4.29. The van der Waals surface area contributed by atoms with Gasteiger partial charge in [0.2, 0.25) is 6.29 Å². The minimum atomic E-state index is -0.494. The van der Waals surface area contributed by atoms with Gasteiger partial charge in [-0.2, -0.15) is 0 Å². The van der Waals surface area contributed by atoms with Gasteiger partial charge in [0.1, 0.15) is 6.10 Å². The number of ether oxygens (including phenoxy) is 3. The molecule has 1 aliphatic rings. The molecule has 1 aliphatic heterocycles. The van der Waals surface area contributed by atoms with Crippen molar-refractivity contribution in [3.63, 3.8) is 0 Å². The highest BCUT2D eigenvalue weighted by atomic mass is 16.8. The van der Waals surface area contributed by atoms with Gasteiger partial charge in [-0.15, -0.1) is 0 Å². The van der Waals surface area contributed by atoms with Crippen LogP contribution in [0.5, 0.6) is 0 Å². The third-order valence-corrected chi connectivity index (χ3v) is 2.38. The van der Waals surface area contributed by atoms with Gasteiger partial charge >= 0.3 is 0 Å². The molecule has 1 rings (SSSR count). The molecule has 1 fully saturated rings. The zero-order valence-corrected chi connectivity index (χ0v) is 8.23. The quantitative estimate of drug-likeness (QED) is 0.638. The van der Waals surface area contributed by atoms with Crippen LogP contribution in [-0.4, -0.2) is 38.8 Å². The second kappa shape index (κ2) is 4.88. The largest absolute Gasteiger partial charge is 0.379 e. The van der Waals surface area contributed by atoms with Crippen molar-refractivity contribution in [2.24, 2.45) is 5.90 Å². The van der Waals surface area contributed by atoms with Crippen molar-refractivity contribution in [1.82, 2.24) is 0 Å². The molecule has 0 bridgehead atoms. The maximum absolute atomic E-state index is 5.45. The highest BCUT2D eigenvalue weighted by Crippen LogP contribution is 2.23. The molecule has 5 heteroatoms. The van der Waals surface area contributed by atoms with E-state index < -0.39 is 6.29 Å². The van der Waals surface area contributed by atoms with E-state index in [0.717, 1.165) is 6.42 Å². The Kier molecular flexibility index (Phi) is 4.08. The van der Waals surface area contributed by atoms with Gasteiger partial charge in [-0.1, -0.05) is 0 Å². The maximum atomic E-state index is 5.45. The Labute approximate surface area is 78.0 Å². The van der Waals surface area contributed by atoms with Crippen molar-refractivity contribution in [3.8, 4) is 0 Å². The van der Waals surface area contributed by atoms with Crippen molar-refractivity contribution in [1.29, 1.82) is 0 Å². The first-order valence-corrected chi connectivity index (χ1v) is 4.29. The summed E-state index contributed by atoms with van der Waals surface area (Å²) in [4.78, 5) is 4.66. The zero-order valence-electron chi connectivity index (χ0n) is 8.23. The Balaban J connectivity index is 2.54. The standard InChI is InChI=1S/C8H17NO4/c1-5-6(10-2)4-7(11-3)8(12-5)13-9/h5-8H,4,9H2,1-3H3. The SMILES string of the molecule is COC1CC(OC)C(ON)OC1C. The highest BCUT2D eigenvalue weighted by Gasteiger charge is 2.36. The molecule has 4 atom stereocenters. The van der Waals surface area contributed by atoms with Crippen LogP contribution < -0.4 is 5.90 Å². The van der Waals surface area contributed by atoms with Crippen molar-refractivity contribution in [3.05, 3.63) is 0 Å². The first kappa shape index (κ1) is 10.9. The van der Waals surface area contributed by atoms with Gasteiger partial charge in [-0.3, -0.25) is 4.84 Å². The summed E-state index contributed by atoms with van der Waals surface area (Å²) in [5.41, 5.74) is 0. The fraction of sp³-hybridized carbons (Fsp3) is 1.00. The summed E-state index contributed by atoms with van der Waals surface area (Å²) < 4.78 is 15.8. The molecule has 1 saturated heterocycles. The van der Waals surface area contributed by atoms with Gasteiger partial charge < -0.3 is 14.2 Å². The topological polar surface area (TPSA) is 62.9 Å². The Morgan fingerprint density at radius 2 is 1.85 bits per heavy atom. The predicted octanol–water partition coefficient (Wildman–Crippen LogP) is 0.0416. The molecule has 0 radical (unpaired) electrons. The molecule has 1 heterocycles. The lowest BCUT2D eigenvalue weighted by molar-refractivity contribution is -0.271. The van der Waals surface area contributed by atoms with Gasteiger partial charge in [0.15, 0.2) is 0 Å². The highest BCUT2D eigenvalue weighted by molar-refractivity contribution is 4.80. The van der Waals surface area contributed by atoms with E-state index >= 15 is 0 Å². The van der Waals surface area contributed by atoms with E-state index in [1.165, 1.54) is 0 Å². The van der Waals surface area contributed by atoms with Crippen LogP contribution in [0, 0.1) is 0 Å². The van der Waals surface area contributed by atoms with Gasteiger partial charge in [0.05, 0.1) is 12.2 Å². The molecule has 13 heavy (non-hydrogen) atoms. The Bertz CT molecular complexity index is 155. The van der Waals surface area contributed by atoms with Crippen molar-refractivity contribution in [2.75, 3.05) is 14.2 Å². The number of hydrogen-bond acceptors (Lipinski definition) is 5. The van der Waals surface area contributed by atoms with Crippen LogP contribution in [-0.2, 0) is 19.0 Å². The number of hydrogen-bond donors (Lipinski definition) is 1. The average Bonchev–Trinajstić information content (AvgIpc) is 2.17. The molecule has 0 aromatic rings.